The van der Waals surface area contributed by atoms with E-state index in [1.807, 2.05) is 10.6 Å². The second-order valence-electron chi connectivity index (χ2n) is 5.87. The van der Waals surface area contributed by atoms with Crippen molar-refractivity contribution in [1.82, 2.24) is 14.6 Å². The molecule has 0 amide bonds. The molecule has 1 spiro atoms. The van der Waals surface area contributed by atoms with E-state index in [0.717, 1.165) is 5.65 Å². The van der Waals surface area contributed by atoms with E-state index in [9.17, 15) is 0 Å². The number of anilines is 1. The molecule has 0 radical (unpaired) electrons. The normalized spacial score (nSPS) is 22.3. The number of hydrogen-bond acceptors (Lipinski definition) is 3. The van der Waals surface area contributed by atoms with Gasteiger partial charge in [-0.1, -0.05) is 19.3 Å². The van der Waals surface area contributed by atoms with Gasteiger partial charge in [-0.05, 0) is 25.0 Å². The number of hydrogen-bond donors (Lipinski definition) is 0. The molecule has 0 atom stereocenters. The molecule has 2 aliphatic rings. The maximum Gasteiger partial charge on any atom is 0.155 e. The van der Waals surface area contributed by atoms with E-state index in [1.54, 1.807) is 6.33 Å². The minimum Gasteiger partial charge on any atom is -0.369 e. The van der Waals surface area contributed by atoms with E-state index in [4.69, 9.17) is 0 Å². The monoisotopic (exact) mass is 242 g/mol. The number of fused-ring (bicyclic) bond motifs is 1. The summed E-state index contributed by atoms with van der Waals surface area (Å²) in [7, 11) is 0. The van der Waals surface area contributed by atoms with Gasteiger partial charge in [-0.2, -0.15) is 5.10 Å². The van der Waals surface area contributed by atoms with Crippen LogP contribution in [-0.2, 0) is 0 Å². The van der Waals surface area contributed by atoms with Crippen molar-refractivity contribution in [2.75, 3.05) is 18.0 Å². The fourth-order valence-corrected chi connectivity index (χ4v) is 3.56. The van der Waals surface area contributed by atoms with Crippen LogP contribution in [0, 0.1) is 5.41 Å². The van der Waals surface area contributed by atoms with Crippen molar-refractivity contribution in [3.8, 4) is 0 Å². The summed E-state index contributed by atoms with van der Waals surface area (Å²) in [5.74, 6) is 0. The zero-order valence-electron chi connectivity index (χ0n) is 10.5. The largest absolute Gasteiger partial charge is 0.369 e. The van der Waals surface area contributed by atoms with Gasteiger partial charge in [0.25, 0.3) is 0 Å². The average Bonchev–Trinajstić information content (AvgIpc) is 2.84. The minimum absolute atomic E-state index is 0.634. The van der Waals surface area contributed by atoms with E-state index in [-0.39, 0.29) is 0 Å². The molecule has 0 N–H and O–H groups in total. The van der Waals surface area contributed by atoms with Gasteiger partial charge in [0, 0.05) is 18.5 Å². The van der Waals surface area contributed by atoms with Crippen molar-refractivity contribution in [3.63, 3.8) is 0 Å². The fourth-order valence-electron chi connectivity index (χ4n) is 3.56. The summed E-state index contributed by atoms with van der Waals surface area (Å²) in [5.41, 5.74) is 2.84. The van der Waals surface area contributed by atoms with Crippen LogP contribution in [0.4, 0.5) is 5.69 Å². The molecule has 4 heteroatoms. The first kappa shape index (κ1) is 10.4. The summed E-state index contributed by atoms with van der Waals surface area (Å²) in [6.07, 6.45) is 10.8. The molecule has 3 heterocycles. The molecule has 1 aliphatic heterocycles. The number of rotatable bonds is 1. The average molecular weight is 242 g/mol. The summed E-state index contributed by atoms with van der Waals surface area (Å²) < 4.78 is 1.86. The summed E-state index contributed by atoms with van der Waals surface area (Å²) in [6, 6.07) is 4.22. The number of aromatic nitrogens is 3. The zero-order chi connectivity index (χ0) is 12.0. The predicted octanol–water partition coefficient (Wildman–Crippen LogP) is 2.50. The lowest BCUT2D eigenvalue weighted by atomic mass is 9.68. The molecule has 0 aromatic carbocycles. The first-order chi connectivity index (χ1) is 8.85. The molecule has 1 saturated carbocycles. The molecule has 4 rings (SSSR count). The van der Waals surface area contributed by atoms with Crippen LogP contribution in [0.1, 0.15) is 32.1 Å². The van der Waals surface area contributed by atoms with Crippen LogP contribution in [0.5, 0.6) is 0 Å². The highest BCUT2D eigenvalue weighted by Crippen LogP contribution is 2.45. The molecular weight excluding hydrogens is 224 g/mol. The van der Waals surface area contributed by atoms with Crippen LogP contribution in [0.15, 0.2) is 24.7 Å². The van der Waals surface area contributed by atoms with Crippen LogP contribution < -0.4 is 4.90 Å². The number of nitrogens with zero attached hydrogens (tertiary/aromatic N) is 4. The smallest absolute Gasteiger partial charge is 0.155 e. The molecule has 0 bridgehead atoms. The second kappa shape index (κ2) is 3.70. The van der Waals surface area contributed by atoms with Gasteiger partial charge in [0.2, 0.25) is 0 Å². The van der Waals surface area contributed by atoms with Gasteiger partial charge in [0.05, 0.1) is 11.9 Å². The Hall–Kier alpha value is -1.58. The molecule has 94 valence electrons. The standard InChI is InChI=1S/C14H18N4/c1-2-6-14(7-3-1)9-17(10-14)12-4-5-13-15-11-16-18(13)8-12/h4-5,8,11H,1-3,6-7,9-10H2. The van der Waals surface area contributed by atoms with Crippen molar-refractivity contribution >= 4 is 11.3 Å². The van der Waals surface area contributed by atoms with Gasteiger partial charge < -0.3 is 4.90 Å². The van der Waals surface area contributed by atoms with Crippen LogP contribution in [0.2, 0.25) is 0 Å². The van der Waals surface area contributed by atoms with E-state index in [1.165, 1.54) is 50.9 Å². The quantitative estimate of drug-likeness (QED) is 0.770. The van der Waals surface area contributed by atoms with Crippen molar-refractivity contribution < 1.29 is 0 Å². The third-order valence-corrected chi connectivity index (χ3v) is 4.59. The fraction of sp³-hybridized carbons (Fsp3) is 0.571. The highest BCUT2D eigenvalue weighted by atomic mass is 15.3. The molecule has 4 nitrogen and oxygen atoms in total. The topological polar surface area (TPSA) is 33.4 Å². The van der Waals surface area contributed by atoms with Gasteiger partial charge in [-0.25, -0.2) is 9.50 Å². The van der Waals surface area contributed by atoms with Gasteiger partial charge >= 0.3 is 0 Å². The molecule has 1 aliphatic carbocycles. The van der Waals surface area contributed by atoms with Crippen molar-refractivity contribution in [3.05, 3.63) is 24.7 Å². The Bertz CT molecular complexity index is 560. The summed E-state index contributed by atoms with van der Waals surface area (Å²) >= 11 is 0. The van der Waals surface area contributed by atoms with Crippen molar-refractivity contribution in [2.45, 2.75) is 32.1 Å². The number of pyridine rings is 1. The first-order valence-electron chi connectivity index (χ1n) is 6.89. The molecule has 2 aromatic heterocycles. The Labute approximate surface area is 107 Å². The lowest BCUT2D eigenvalue weighted by Crippen LogP contribution is -2.57. The Morgan fingerprint density at radius 2 is 1.89 bits per heavy atom. The maximum atomic E-state index is 4.20. The Balaban J connectivity index is 1.54. The van der Waals surface area contributed by atoms with E-state index in [2.05, 4.69) is 27.2 Å². The summed E-state index contributed by atoms with van der Waals surface area (Å²) in [5, 5.41) is 4.20. The highest BCUT2D eigenvalue weighted by Gasteiger charge is 2.43. The molecule has 2 fully saturated rings. The Morgan fingerprint density at radius 3 is 2.72 bits per heavy atom. The van der Waals surface area contributed by atoms with Gasteiger partial charge in [0.1, 0.15) is 6.33 Å². The first-order valence-corrected chi connectivity index (χ1v) is 6.89. The van der Waals surface area contributed by atoms with E-state index < -0.39 is 0 Å². The third kappa shape index (κ3) is 1.51. The van der Waals surface area contributed by atoms with Crippen LogP contribution in [0.3, 0.4) is 0 Å². The van der Waals surface area contributed by atoms with Crippen LogP contribution in [0.25, 0.3) is 5.65 Å². The molecule has 0 unspecified atom stereocenters. The van der Waals surface area contributed by atoms with Crippen LogP contribution in [-0.4, -0.2) is 27.7 Å². The second-order valence-corrected chi connectivity index (χ2v) is 5.87. The molecule has 1 saturated heterocycles. The maximum absolute atomic E-state index is 4.20. The minimum atomic E-state index is 0.634. The van der Waals surface area contributed by atoms with Gasteiger partial charge in [-0.3, -0.25) is 0 Å². The Morgan fingerprint density at radius 1 is 1.06 bits per heavy atom. The lowest BCUT2D eigenvalue weighted by molar-refractivity contribution is 0.139. The third-order valence-electron chi connectivity index (χ3n) is 4.59. The highest BCUT2D eigenvalue weighted by molar-refractivity contribution is 5.53. The van der Waals surface area contributed by atoms with Crippen molar-refractivity contribution in [2.24, 2.45) is 5.41 Å². The molecule has 2 aromatic rings. The van der Waals surface area contributed by atoms with Gasteiger partial charge in [0.15, 0.2) is 5.65 Å². The molecular formula is C14H18N4. The lowest BCUT2D eigenvalue weighted by Gasteiger charge is -2.53. The van der Waals surface area contributed by atoms with E-state index >= 15 is 0 Å². The van der Waals surface area contributed by atoms with Crippen molar-refractivity contribution in [1.29, 1.82) is 0 Å². The van der Waals surface area contributed by atoms with Gasteiger partial charge in [-0.15, -0.1) is 0 Å². The summed E-state index contributed by atoms with van der Waals surface area (Å²) in [4.78, 5) is 6.66. The summed E-state index contributed by atoms with van der Waals surface area (Å²) in [6.45, 7) is 2.46. The zero-order valence-corrected chi connectivity index (χ0v) is 10.5. The van der Waals surface area contributed by atoms with Crippen LogP contribution >= 0.6 is 0 Å². The van der Waals surface area contributed by atoms with E-state index in [0.29, 0.717) is 5.41 Å². The Kier molecular flexibility index (Phi) is 2.13. The SMILES string of the molecule is c1nc2ccc(N3CC4(CCCCC4)C3)cn2n1. The molecule has 18 heavy (non-hydrogen) atoms. The predicted molar refractivity (Wildman–Crippen MR) is 70.7 cm³/mol.